The summed E-state index contributed by atoms with van der Waals surface area (Å²) in [5.74, 6) is 7.10. The first-order valence-corrected chi connectivity index (χ1v) is 2.23. The highest BCUT2D eigenvalue weighted by molar-refractivity contribution is 5.70. The molecule has 0 N–H and O–H groups in total. The summed E-state index contributed by atoms with van der Waals surface area (Å²) in [4.78, 5) is 13.6. The zero-order valence-corrected chi connectivity index (χ0v) is 4.59. The predicted molar refractivity (Wildman–Crippen MR) is 24.7 cm³/mol. The summed E-state index contributed by atoms with van der Waals surface area (Å²) < 4.78 is 4.36. The van der Waals surface area contributed by atoms with Crippen molar-refractivity contribution >= 4 is 5.97 Å². The molecule has 0 spiro atoms. The van der Waals surface area contributed by atoms with Crippen LogP contribution in [0.15, 0.2) is 0 Å². The Kier molecular flexibility index (Phi) is 4.20. The van der Waals surface area contributed by atoms with Crippen molar-refractivity contribution < 1.29 is 14.4 Å². The van der Waals surface area contributed by atoms with Crippen molar-refractivity contribution in [2.75, 3.05) is 13.2 Å². The van der Waals surface area contributed by atoms with Gasteiger partial charge in [-0.25, -0.2) is 4.79 Å². The summed E-state index contributed by atoms with van der Waals surface area (Å²) in [6.07, 6.45) is 0. The Morgan fingerprint density at radius 3 is 2.75 bits per heavy atom. The largest absolute Gasteiger partial charge is 0.464 e. The molecule has 0 amide bonds. The molecule has 0 aliphatic rings. The highest BCUT2D eigenvalue weighted by Crippen LogP contribution is 1.75. The summed E-state index contributed by atoms with van der Waals surface area (Å²) in [5.41, 5.74) is 0. The molecule has 0 unspecified atom stereocenters. The summed E-state index contributed by atoms with van der Waals surface area (Å²) in [5, 5.41) is 0. The predicted octanol–water partition coefficient (Wildman–Crippen LogP) is -0.450. The first-order valence-electron chi connectivity index (χ1n) is 2.23. The average molecular weight is 117 g/mol. The number of hydrogen-bond acceptors (Lipinski definition) is 3. The van der Waals surface area contributed by atoms with Crippen molar-refractivity contribution in [1.29, 1.82) is 0 Å². The highest BCUT2D eigenvalue weighted by atomic mass is 16.6. The van der Waals surface area contributed by atoms with E-state index in [2.05, 4.69) is 9.57 Å². The molecule has 0 atom stereocenters. The first-order chi connectivity index (χ1) is 3.81. The van der Waals surface area contributed by atoms with Gasteiger partial charge in [0.25, 0.3) is 0 Å². The Morgan fingerprint density at radius 1 is 1.75 bits per heavy atom. The zero-order chi connectivity index (χ0) is 6.41. The monoisotopic (exact) mass is 117 g/mol. The SMILES string of the molecule is CCOC(=O)CO[N]. The lowest BCUT2D eigenvalue weighted by Crippen LogP contribution is -2.11. The van der Waals surface area contributed by atoms with Crippen LogP contribution in [0.3, 0.4) is 0 Å². The van der Waals surface area contributed by atoms with Gasteiger partial charge in [0, 0.05) is 5.90 Å². The van der Waals surface area contributed by atoms with Crippen molar-refractivity contribution in [3.05, 3.63) is 0 Å². The van der Waals surface area contributed by atoms with Crippen molar-refractivity contribution in [1.82, 2.24) is 5.90 Å². The maximum atomic E-state index is 10.1. The number of ether oxygens (including phenoxy) is 1. The van der Waals surface area contributed by atoms with Crippen LogP contribution in [0.5, 0.6) is 0 Å². The summed E-state index contributed by atoms with van der Waals surface area (Å²) >= 11 is 0. The Hall–Kier alpha value is -0.610. The Labute approximate surface area is 47.5 Å². The Balaban J connectivity index is 3.06. The molecule has 4 heteroatoms. The van der Waals surface area contributed by atoms with Crippen molar-refractivity contribution in [3.63, 3.8) is 0 Å². The van der Waals surface area contributed by atoms with Crippen molar-refractivity contribution in [3.8, 4) is 0 Å². The third-order valence-electron chi connectivity index (χ3n) is 0.488. The van der Waals surface area contributed by atoms with Crippen LogP contribution in [0, 0.1) is 0 Å². The number of nitrogens with zero attached hydrogens (tertiary/aromatic N) is 1. The van der Waals surface area contributed by atoms with E-state index in [1.54, 1.807) is 6.92 Å². The highest BCUT2D eigenvalue weighted by Gasteiger charge is 1.97. The molecule has 0 fully saturated rings. The van der Waals surface area contributed by atoms with Crippen LogP contribution in [0.2, 0.25) is 0 Å². The van der Waals surface area contributed by atoms with Crippen molar-refractivity contribution in [2.45, 2.75) is 6.92 Å². The van der Waals surface area contributed by atoms with Crippen LogP contribution in [-0.4, -0.2) is 19.2 Å². The van der Waals surface area contributed by atoms with Gasteiger partial charge in [0.2, 0.25) is 0 Å². The summed E-state index contributed by atoms with van der Waals surface area (Å²) in [6.45, 7) is 1.59. The second-order valence-corrected chi connectivity index (χ2v) is 1.08. The van der Waals surface area contributed by atoms with E-state index in [1.807, 2.05) is 0 Å². The summed E-state index contributed by atoms with van der Waals surface area (Å²) in [7, 11) is 0. The molecule has 0 bridgehead atoms. The average Bonchev–Trinajstić information content (AvgIpc) is 1.68. The molecule has 0 aliphatic carbocycles. The third kappa shape index (κ3) is 3.58. The lowest BCUT2D eigenvalue weighted by molar-refractivity contribution is -0.149. The van der Waals surface area contributed by atoms with E-state index in [0.717, 1.165) is 0 Å². The number of carbonyl (C=O) groups is 1. The van der Waals surface area contributed by atoms with Crippen molar-refractivity contribution in [2.24, 2.45) is 0 Å². The fourth-order valence-electron chi connectivity index (χ4n) is 0.255. The lowest BCUT2D eigenvalue weighted by atomic mass is 10.7. The van der Waals surface area contributed by atoms with Crippen LogP contribution < -0.4 is 5.90 Å². The minimum Gasteiger partial charge on any atom is -0.464 e. The molecule has 0 aromatic heterocycles. The van der Waals surface area contributed by atoms with E-state index in [1.165, 1.54) is 0 Å². The van der Waals surface area contributed by atoms with Crippen LogP contribution in [0.1, 0.15) is 6.92 Å². The van der Waals surface area contributed by atoms with Gasteiger partial charge in [0.1, 0.15) is 0 Å². The van der Waals surface area contributed by atoms with E-state index >= 15 is 0 Å². The first kappa shape index (κ1) is 7.39. The minimum absolute atomic E-state index is 0.308. The third-order valence-corrected chi connectivity index (χ3v) is 0.488. The molecule has 0 rings (SSSR count). The van der Waals surface area contributed by atoms with E-state index < -0.39 is 12.6 Å². The number of rotatable bonds is 3. The molecule has 4 nitrogen and oxygen atoms in total. The molecule has 0 aliphatic heterocycles. The number of hydrogen-bond donors (Lipinski definition) is 0. The van der Waals surface area contributed by atoms with E-state index in [0.29, 0.717) is 6.61 Å². The van der Waals surface area contributed by atoms with Gasteiger partial charge < -0.3 is 4.74 Å². The van der Waals surface area contributed by atoms with Crippen LogP contribution in [0.25, 0.3) is 0 Å². The zero-order valence-electron chi connectivity index (χ0n) is 4.59. The molecule has 8 heavy (non-hydrogen) atoms. The normalized spacial score (nSPS) is 8.75. The molecular weight excluding hydrogens is 110 g/mol. The van der Waals surface area contributed by atoms with Gasteiger partial charge in [-0.15, -0.1) is 0 Å². The second-order valence-electron chi connectivity index (χ2n) is 1.08. The molecule has 0 saturated heterocycles. The molecule has 46 valence electrons. The maximum Gasteiger partial charge on any atom is 0.334 e. The fourth-order valence-corrected chi connectivity index (χ4v) is 0.255. The van der Waals surface area contributed by atoms with E-state index in [-0.39, 0.29) is 0 Å². The van der Waals surface area contributed by atoms with Gasteiger partial charge in [-0.2, -0.15) is 0 Å². The van der Waals surface area contributed by atoms with Gasteiger partial charge in [-0.1, -0.05) is 0 Å². The van der Waals surface area contributed by atoms with Gasteiger partial charge in [-0.3, -0.25) is 4.84 Å². The topological polar surface area (TPSA) is 57.8 Å². The molecule has 0 aromatic rings. The Morgan fingerprint density at radius 2 is 2.38 bits per heavy atom. The van der Waals surface area contributed by atoms with Gasteiger partial charge in [0.15, 0.2) is 6.61 Å². The lowest BCUT2D eigenvalue weighted by Gasteiger charge is -1.95. The molecule has 0 saturated carbocycles. The van der Waals surface area contributed by atoms with Gasteiger partial charge >= 0.3 is 5.97 Å². The van der Waals surface area contributed by atoms with E-state index in [4.69, 9.17) is 5.90 Å². The summed E-state index contributed by atoms with van der Waals surface area (Å²) in [6, 6.07) is 0. The maximum absolute atomic E-state index is 10.1. The standard InChI is InChI=1S/C4H7NO3/c1-2-7-4(6)3-8-5/h2-3H2,1H3. The molecule has 0 heterocycles. The Bertz CT molecular complexity index is 65.7. The van der Waals surface area contributed by atoms with Crippen LogP contribution >= 0.6 is 0 Å². The van der Waals surface area contributed by atoms with Gasteiger partial charge in [0.05, 0.1) is 6.61 Å². The van der Waals surface area contributed by atoms with E-state index in [9.17, 15) is 4.79 Å². The number of esters is 1. The second kappa shape index (κ2) is 4.55. The number of carbonyl (C=O) groups excluding carboxylic acids is 1. The van der Waals surface area contributed by atoms with Crippen LogP contribution in [-0.2, 0) is 14.4 Å². The van der Waals surface area contributed by atoms with Crippen LogP contribution in [0.4, 0.5) is 0 Å². The minimum atomic E-state index is -0.560. The fraction of sp³-hybridized carbons (Fsp3) is 0.750. The molecular formula is C4H7NO3. The smallest absolute Gasteiger partial charge is 0.334 e. The molecule has 0 aromatic carbocycles. The molecule has 2 radical (unpaired) electrons. The quantitative estimate of drug-likeness (QED) is 0.371. The van der Waals surface area contributed by atoms with Gasteiger partial charge in [-0.05, 0) is 6.92 Å².